The van der Waals surface area contributed by atoms with Crippen LogP contribution in [0.3, 0.4) is 0 Å². The molecule has 27 heavy (non-hydrogen) atoms. The molecular weight excluding hydrogens is 356 g/mol. The van der Waals surface area contributed by atoms with Gasteiger partial charge in [0.1, 0.15) is 17.5 Å². The van der Waals surface area contributed by atoms with Crippen LogP contribution in [0.1, 0.15) is 0 Å². The number of aromatic nitrogens is 1. The lowest BCUT2D eigenvalue weighted by molar-refractivity contribution is -0.112. The van der Waals surface area contributed by atoms with Gasteiger partial charge in [-0.1, -0.05) is 48.2 Å². The third-order valence-electron chi connectivity index (χ3n) is 3.50. The van der Waals surface area contributed by atoms with E-state index < -0.39 is 5.91 Å². The van der Waals surface area contributed by atoms with Crippen LogP contribution in [0, 0.1) is 11.3 Å². The van der Waals surface area contributed by atoms with Crippen LogP contribution < -0.4 is 10.6 Å². The minimum absolute atomic E-state index is 0.0415. The van der Waals surface area contributed by atoms with Gasteiger partial charge in [0, 0.05) is 22.2 Å². The summed E-state index contributed by atoms with van der Waals surface area (Å²) in [4.78, 5) is 18.5. The molecule has 0 aliphatic carbocycles. The second-order valence-corrected chi connectivity index (χ2v) is 6.51. The highest BCUT2D eigenvalue weighted by atomic mass is 32.2. The number of para-hydroxylation sites is 1. The number of anilines is 2. The van der Waals surface area contributed by atoms with E-state index in [-0.39, 0.29) is 5.57 Å². The molecule has 6 heteroatoms. The van der Waals surface area contributed by atoms with Crippen molar-refractivity contribution >= 4 is 29.2 Å². The summed E-state index contributed by atoms with van der Waals surface area (Å²) >= 11 is 1.54. The van der Waals surface area contributed by atoms with Crippen LogP contribution in [0.4, 0.5) is 11.5 Å². The van der Waals surface area contributed by atoms with Crippen molar-refractivity contribution in [2.24, 2.45) is 0 Å². The molecule has 0 fully saturated rings. The highest BCUT2D eigenvalue weighted by Gasteiger charge is 2.12. The van der Waals surface area contributed by atoms with Crippen LogP contribution in [-0.2, 0) is 4.79 Å². The molecule has 3 aromatic rings. The SMILES string of the molecule is N#C/C(=C/Nc1ccccn1)C(=O)Nc1ccccc1Sc1ccccc1. The lowest BCUT2D eigenvalue weighted by Crippen LogP contribution is -2.15. The number of nitriles is 1. The molecular formula is C21H16N4OS. The summed E-state index contributed by atoms with van der Waals surface area (Å²) in [5.41, 5.74) is 0.607. The largest absolute Gasteiger partial charge is 0.345 e. The maximum absolute atomic E-state index is 12.5. The normalized spacial score (nSPS) is 10.7. The van der Waals surface area contributed by atoms with Crippen molar-refractivity contribution in [2.75, 3.05) is 10.6 Å². The molecule has 0 aliphatic heterocycles. The molecule has 2 aromatic carbocycles. The average molecular weight is 372 g/mol. The number of rotatable bonds is 6. The number of pyridine rings is 1. The Bertz CT molecular complexity index is 982. The zero-order chi connectivity index (χ0) is 18.9. The maximum Gasteiger partial charge on any atom is 0.267 e. The van der Waals surface area contributed by atoms with Gasteiger partial charge >= 0.3 is 0 Å². The molecule has 0 saturated carbocycles. The van der Waals surface area contributed by atoms with Crippen molar-refractivity contribution in [3.63, 3.8) is 0 Å². The smallest absolute Gasteiger partial charge is 0.267 e. The van der Waals surface area contributed by atoms with E-state index in [9.17, 15) is 10.1 Å². The minimum Gasteiger partial charge on any atom is -0.345 e. The summed E-state index contributed by atoms with van der Waals surface area (Å²) < 4.78 is 0. The first-order valence-corrected chi connectivity index (χ1v) is 8.99. The van der Waals surface area contributed by atoms with Gasteiger partial charge in [-0.2, -0.15) is 5.26 Å². The standard InChI is InChI=1S/C21H16N4OS/c22-14-16(15-24-20-12-6-7-13-23-20)21(26)25-18-10-4-5-11-19(18)27-17-8-2-1-3-9-17/h1-13,15H,(H,23,24)(H,25,26)/b16-15-. The predicted molar refractivity (Wildman–Crippen MR) is 107 cm³/mol. The Balaban J connectivity index is 1.74. The quantitative estimate of drug-likeness (QED) is 0.485. The highest BCUT2D eigenvalue weighted by molar-refractivity contribution is 7.99. The van der Waals surface area contributed by atoms with Gasteiger partial charge in [0.25, 0.3) is 5.91 Å². The Morgan fingerprint density at radius 3 is 2.48 bits per heavy atom. The van der Waals surface area contributed by atoms with E-state index in [4.69, 9.17) is 0 Å². The summed E-state index contributed by atoms with van der Waals surface area (Å²) in [5, 5.41) is 15.0. The molecule has 0 saturated heterocycles. The van der Waals surface area contributed by atoms with E-state index in [1.54, 1.807) is 30.1 Å². The van der Waals surface area contributed by atoms with Crippen LogP contribution in [0.2, 0.25) is 0 Å². The fourth-order valence-corrected chi connectivity index (χ4v) is 3.13. The van der Waals surface area contributed by atoms with Crippen molar-refractivity contribution < 1.29 is 4.79 Å². The van der Waals surface area contributed by atoms with E-state index in [0.29, 0.717) is 11.5 Å². The number of hydrogen-bond acceptors (Lipinski definition) is 5. The Morgan fingerprint density at radius 2 is 1.74 bits per heavy atom. The van der Waals surface area contributed by atoms with Gasteiger partial charge in [-0.3, -0.25) is 4.79 Å². The summed E-state index contributed by atoms with van der Waals surface area (Å²) in [5.74, 6) is 0.0696. The van der Waals surface area contributed by atoms with Crippen molar-refractivity contribution in [1.29, 1.82) is 5.26 Å². The van der Waals surface area contributed by atoms with Crippen LogP contribution in [0.15, 0.2) is 101 Å². The van der Waals surface area contributed by atoms with Crippen LogP contribution in [-0.4, -0.2) is 10.9 Å². The minimum atomic E-state index is -0.484. The first kappa shape index (κ1) is 18.2. The lowest BCUT2D eigenvalue weighted by atomic mass is 10.2. The maximum atomic E-state index is 12.5. The summed E-state index contributed by atoms with van der Waals surface area (Å²) in [6.45, 7) is 0. The van der Waals surface area contributed by atoms with E-state index in [2.05, 4.69) is 15.6 Å². The van der Waals surface area contributed by atoms with Gasteiger partial charge in [-0.15, -0.1) is 0 Å². The van der Waals surface area contributed by atoms with Gasteiger partial charge in [0.15, 0.2) is 0 Å². The van der Waals surface area contributed by atoms with Gasteiger partial charge in [-0.25, -0.2) is 4.98 Å². The number of amides is 1. The molecule has 1 amide bonds. The molecule has 0 unspecified atom stereocenters. The summed E-state index contributed by atoms with van der Waals surface area (Å²) in [6, 6.07) is 24.6. The molecule has 5 nitrogen and oxygen atoms in total. The van der Waals surface area contributed by atoms with Gasteiger partial charge < -0.3 is 10.6 Å². The molecule has 132 valence electrons. The fraction of sp³-hybridized carbons (Fsp3) is 0. The number of hydrogen-bond donors (Lipinski definition) is 2. The Hall–Kier alpha value is -3.56. The topological polar surface area (TPSA) is 77.8 Å². The number of carbonyl (C=O) groups is 1. The van der Waals surface area contributed by atoms with Gasteiger partial charge in [0.05, 0.1) is 5.69 Å². The molecule has 1 aromatic heterocycles. The molecule has 0 atom stereocenters. The Kier molecular flexibility index (Phi) is 6.23. The van der Waals surface area contributed by atoms with Crippen molar-refractivity contribution in [1.82, 2.24) is 4.98 Å². The first-order valence-electron chi connectivity index (χ1n) is 8.17. The number of carbonyl (C=O) groups excluding carboxylic acids is 1. The van der Waals surface area contributed by atoms with Crippen molar-refractivity contribution in [2.45, 2.75) is 9.79 Å². The first-order chi connectivity index (χ1) is 13.3. The van der Waals surface area contributed by atoms with Crippen LogP contribution in [0.5, 0.6) is 0 Å². The monoisotopic (exact) mass is 372 g/mol. The molecule has 3 rings (SSSR count). The van der Waals surface area contributed by atoms with Crippen LogP contribution >= 0.6 is 11.8 Å². The summed E-state index contributed by atoms with van der Waals surface area (Å²) in [7, 11) is 0. The van der Waals surface area contributed by atoms with E-state index in [0.717, 1.165) is 9.79 Å². The molecule has 2 N–H and O–H groups in total. The summed E-state index contributed by atoms with van der Waals surface area (Å²) in [6.07, 6.45) is 2.98. The van der Waals surface area contributed by atoms with Crippen molar-refractivity contribution in [3.8, 4) is 6.07 Å². The van der Waals surface area contributed by atoms with E-state index >= 15 is 0 Å². The van der Waals surface area contributed by atoms with Crippen LogP contribution in [0.25, 0.3) is 0 Å². The molecule has 1 heterocycles. The number of benzene rings is 2. The van der Waals surface area contributed by atoms with E-state index in [1.807, 2.05) is 66.7 Å². The number of nitrogens with one attached hydrogen (secondary N) is 2. The zero-order valence-electron chi connectivity index (χ0n) is 14.3. The molecule has 0 aliphatic rings. The average Bonchev–Trinajstić information content (AvgIpc) is 2.71. The molecule has 0 bridgehead atoms. The second-order valence-electron chi connectivity index (χ2n) is 5.39. The Labute approximate surface area is 161 Å². The Morgan fingerprint density at radius 1 is 1.00 bits per heavy atom. The van der Waals surface area contributed by atoms with Crippen molar-refractivity contribution in [3.05, 3.63) is 90.8 Å². The highest BCUT2D eigenvalue weighted by Crippen LogP contribution is 2.33. The zero-order valence-corrected chi connectivity index (χ0v) is 15.1. The third-order valence-corrected chi connectivity index (χ3v) is 4.58. The lowest BCUT2D eigenvalue weighted by Gasteiger charge is -2.10. The molecule has 0 spiro atoms. The number of nitrogens with zero attached hydrogens (tertiary/aromatic N) is 2. The second kappa shape index (κ2) is 9.22. The predicted octanol–water partition coefficient (Wildman–Crippen LogP) is 4.69. The van der Waals surface area contributed by atoms with E-state index in [1.165, 1.54) is 6.20 Å². The third kappa shape index (κ3) is 5.21. The fourth-order valence-electron chi connectivity index (χ4n) is 2.21. The van der Waals surface area contributed by atoms with Gasteiger partial charge in [-0.05, 0) is 36.4 Å². The molecule has 0 radical (unpaired) electrons. The van der Waals surface area contributed by atoms with Gasteiger partial charge in [0.2, 0.25) is 0 Å².